The highest BCUT2D eigenvalue weighted by molar-refractivity contribution is 8.18. The van der Waals surface area contributed by atoms with Crippen LogP contribution in [0.2, 0.25) is 10.0 Å². The molecule has 0 unspecified atom stereocenters. The van der Waals surface area contributed by atoms with Crippen molar-refractivity contribution in [1.29, 1.82) is 0 Å². The Labute approximate surface area is 193 Å². The van der Waals surface area contributed by atoms with Crippen molar-refractivity contribution < 1.29 is 19.1 Å². The van der Waals surface area contributed by atoms with E-state index in [1.54, 1.807) is 18.2 Å². The lowest BCUT2D eigenvalue weighted by molar-refractivity contribution is -0.127. The number of thioether (sulfide) groups is 1. The quantitative estimate of drug-likeness (QED) is 0.471. The van der Waals surface area contributed by atoms with Crippen LogP contribution in [0.1, 0.15) is 11.1 Å². The van der Waals surface area contributed by atoms with Gasteiger partial charge >= 0.3 is 0 Å². The van der Waals surface area contributed by atoms with Gasteiger partial charge < -0.3 is 10.1 Å². The molecule has 0 bridgehead atoms. The molecule has 0 saturated carbocycles. The molecule has 31 heavy (non-hydrogen) atoms. The Morgan fingerprint density at radius 3 is 2.61 bits per heavy atom. The molecule has 0 atom stereocenters. The summed E-state index contributed by atoms with van der Waals surface area (Å²) in [6, 6.07) is 10.3. The molecule has 1 saturated heterocycles. The van der Waals surface area contributed by atoms with Crippen LogP contribution in [-0.2, 0) is 9.59 Å². The number of nitrogens with one attached hydrogen (secondary N) is 1. The number of aryl methyl sites for hydroxylation is 1. The lowest BCUT2D eigenvalue weighted by atomic mass is 10.2. The number of halogens is 2. The largest absolute Gasteiger partial charge is 0.478 e. The lowest BCUT2D eigenvalue weighted by Gasteiger charge is -2.12. The zero-order valence-electron chi connectivity index (χ0n) is 16.3. The van der Waals surface area contributed by atoms with Crippen molar-refractivity contribution in [2.75, 3.05) is 18.5 Å². The minimum absolute atomic E-state index is 0.00227. The first-order valence-corrected chi connectivity index (χ1v) is 10.5. The number of carbonyl (C=O) groups excluding carboxylic acids is 3. The van der Waals surface area contributed by atoms with Gasteiger partial charge in [0.1, 0.15) is 13.2 Å². The normalized spacial score (nSPS) is 14.6. The fourth-order valence-electron chi connectivity index (χ4n) is 2.77. The Hall–Kier alpha value is -2.92. The van der Waals surface area contributed by atoms with Crippen LogP contribution in [0.15, 0.2) is 41.3 Å². The zero-order valence-corrected chi connectivity index (χ0v) is 18.6. The third kappa shape index (κ3) is 5.61. The Kier molecular flexibility index (Phi) is 7.29. The SMILES string of the molecule is C#CCOc1c(Cl)cc(/C=C2\SC(=O)N(CC(=O)Nc3cccc(C)c3)C2=O)cc1Cl. The predicted octanol–water partition coefficient (Wildman–Crippen LogP) is 4.99. The molecule has 158 valence electrons. The summed E-state index contributed by atoms with van der Waals surface area (Å²) in [6.07, 6.45) is 6.64. The van der Waals surface area contributed by atoms with Gasteiger partial charge in [-0.3, -0.25) is 19.3 Å². The molecule has 0 aliphatic carbocycles. The monoisotopic (exact) mass is 474 g/mol. The summed E-state index contributed by atoms with van der Waals surface area (Å²) in [6.45, 7) is 1.50. The van der Waals surface area contributed by atoms with E-state index < -0.39 is 23.6 Å². The number of amides is 3. The molecule has 1 heterocycles. The van der Waals surface area contributed by atoms with Crippen LogP contribution < -0.4 is 10.1 Å². The Morgan fingerprint density at radius 2 is 1.97 bits per heavy atom. The van der Waals surface area contributed by atoms with Crippen LogP contribution in [0.5, 0.6) is 5.75 Å². The van der Waals surface area contributed by atoms with Gasteiger partial charge in [-0.2, -0.15) is 0 Å². The summed E-state index contributed by atoms with van der Waals surface area (Å²) >= 11 is 13.1. The highest BCUT2D eigenvalue weighted by Gasteiger charge is 2.36. The Morgan fingerprint density at radius 1 is 1.26 bits per heavy atom. The van der Waals surface area contributed by atoms with Crippen LogP contribution in [0.25, 0.3) is 6.08 Å². The van der Waals surface area contributed by atoms with Crippen LogP contribution in [0, 0.1) is 19.3 Å². The van der Waals surface area contributed by atoms with Gasteiger partial charge in [0.15, 0.2) is 5.75 Å². The molecule has 0 spiro atoms. The number of carbonyl (C=O) groups is 3. The highest BCUT2D eigenvalue weighted by atomic mass is 35.5. The number of rotatable bonds is 6. The topological polar surface area (TPSA) is 75.7 Å². The maximum Gasteiger partial charge on any atom is 0.294 e. The number of hydrogen-bond donors (Lipinski definition) is 1. The van der Waals surface area contributed by atoms with E-state index >= 15 is 0 Å². The minimum atomic E-state index is -0.575. The molecule has 1 aliphatic heterocycles. The van der Waals surface area contributed by atoms with E-state index in [-0.39, 0.29) is 27.3 Å². The molecule has 0 radical (unpaired) electrons. The van der Waals surface area contributed by atoms with E-state index in [9.17, 15) is 14.4 Å². The maximum atomic E-state index is 12.7. The molecule has 0 aromatic heterocycles. The second-order valence-corrected chi connectivity index (χ2v) is 8.30. The Balaban J connectivity index is 1.73. The van der Waals surface area contributed by atoms with E-state index in [4.69, 9.17) is 34.4 Å². The molecule has 9 heteroatoms. The van der Waals surface area contributed by atoms with Crippen molar-refractivity contribution in [3.05, 3.63) is 62.5 Å². The average molecular weight is 475 g/mol. The summed E-state index contributed by atoms with van der Waals surface area (Å²) in [5.41, 5.74) is 2.06. The standard InChI is InChI=1S/C22H16Cl2N2O4S/c1-3-7-30-20-16(23)9-14(10-17(20)24)11-18-21(28)26(22(29)31-18)12-19(27)25-15-6-4-5-13(2)8-15/h1,4-6,8-11H,7,12H2,2H3,(H,25,27)/b18-11-. The highest BCUT2D eigenvalue weighted by Crippen LogP contribution is 2.37. The summed E-state index contributed by atoms with van der Waals surface area (Å²) in [4.78, 5) is 38.3. The molecule has 2 aromatic carbocycles. The van der Waals surface area contributed by atoms with E-state index in [1.165, 1.54) is 18.2 Å². The van der Waals surface area contributed by atoms with Gasteiger partial charge in [0, 0.05) is 5.69 Å². The second kappa shape index (κ2) is 9.92. The molecule has 1 aliphatic rings. The van der Waals surface area contributed by atoms with Crippen molar-refractivity contribution in [3.8, 4) is 18.1 Å². The third-order valence-corrected chi connectivity index (χ3v) is 5.56. The molecular weight excluding hydrogens is 459 g/mol. The fraction of sp³-hybridized carbons (Fsp3) is 0.136. The molecule has 3 amide bonds. The summed E-state index contributed by atoms with van der Waals surface area (Å²) < 4.78 is 5.30. The molecule has 3 rings (SSSR count). The zero-order chi connectivity index (χ0) is 22.5. The van der Waals surface area contributed by atoms with Gasteiger partial charge in [-0.05, 0) is 60.2 Å². The first-order chi connectivity index (χ1) is 14.8. The molecule has 2 aromatic rings. The van der Waals surface area contributed by atoms with Crippen LogP contribution in [-0.4, -0.2) is 35.1 Å². The van der Waals surface area contributed by atoms with E-state index in [0.717, 1.165) is 22.2 Å². The van der Waals surface area contributed by atoms with E-state index in [1.807, 2.05) is 13.0 Å². The van der Waals surface area contributed by atoms with Crippen molar-refractivity contribution in [2.45, 2.75) is 6.92 Å². The fourth-order valence-corrected chi connectivity index (χ4v) is 4.22. The molecule has 1 fully saturated rings. The number of benzene rings is 2. The van der Waals surface area contributed by atoms with Gasteiger partial charge in [0.25, 0.3) is 11.1 Å². The number of imide groups is 1. The first-order valence-electron chi connectivity index (χ1n) is 8.95. The average Bonchev–Trinajstić information content (AvgIpc) is 2.95. The smallest absolute Gasteiger partial charge is 0.294 e. The van der Waals surface area contributed by atoms with Gasteiger partial charge in [-0.1, -0.05) is 41.3 Å². The van der Waals surface area contributed by atoms with Crippen molar-refractivity contribution >= 4 is 63.8 Å². The van der Waals surface area contributed by atoms with Crippen molar-refractivity contribution in [3.63, 3.8) is 0 Å². The number of terminal acetylenes is 1. The van der Waals surface area contributed by atoms with Gasteiger partial charge in [0.05, 0.1) is 15.0 Å². The predicted molar refractivity (Wildman–Crippen MR) is 123 cm³/mol. The lowest BCUT2D eigenvalue weighted by Crippen LogP contribution is -2.36. The summed E-state index contributed by atoms with van der Waals surface area (Å²) in [7, 11) is 0. The second-order valence-electron chi connectivity index (χ2n) is 6.49. The van der Waals surface area contributed by atoms with Gasteiger partial charge in [-0.25, -0.2) is 0 Å². The maximum absolute atomic E-state index is 12.7. The first kappa shape index (κ1) is 22.8. The summed E-state index contributed by atoms with van der Waals surface area (Å²) in [5.74, 6) is 1.50. The van der Waals surface area contributed by atoms with E-state index in [0.29, 0.717) is 11.3 Å². The Bertz CT molecular complexity index is 1120. The minimum Gasteiger partial charge on any atom is -0.478 e. The van der Waals surface area contributed by atoms with Gasteiger partial charge in [-0.15, -0.1) is 6.42 Å². The third-order valence-electron chi connectivity index (χ3n) is 4.10. The van der Waals surface area contributed by atoms with Crippen molar-refractivity contribution in [2.24, 2.45) is 0 Å². The van der Waals surface area contributed by atoms with Gasteiger partial charge in [0.2, 0.25) is 5.91 Å². The van der Waals surface area contributed by atoms with Crippen molar-refractivity contribution in [1.82, 2.24) is 4.90 Å². The van der Waals surface area contributed by atoms with E-state index in [2.05, 4.69) is 11.2 Å². The number of ether oxygens (including phenoxy) is 1. The molecular formula is C22H16Cl2N2O4S. The van der Waals surface area contributed by atoms with Crippen LogP contribution >= 0.6 is 35.0 Å². The number of hydrogen-bond acceptors (Lipinski definition) is 5. The van der Waals surface area contributed by atoms with Crippen LogP contribution in [0.3, 0.4) is 0 Å². The number of anilines is 1. The van der Waals surface area contributed by atoms with Crippen LogP contribution in [0.4, 0.5) is 10.5 Å². The number of nitrogens with zero attached hydrogens (tertiary/aromatic N) is 1. The summed E-state index contributed by atoms with van der Waals surface area (Å²) in [5, 5.41) is 2.56. The molecule has 1 N–H and O–H groups in total. The molecule has 6 nitrogen and oxygen atoms in total.